The van der Waals surface area contributed by atoms with Crippen molar-refractivity contribution >= 4 is 50.1 Å². The highest BCUT2D eigenvalue weighted by Gasteiger charge is 2.13. The van der Waals surface area contributed by atoms with Gasteiger partial charge in [0, 0.05) is 8.04 Å². The highest BCUT2D eigenvalue weighted by molar-refractivity contribution is 14.1. The Hall–Kier alpha value is -1.59. The van der Waals surface area contributed by atoms with E-state index in [1.54, 1.807) is 30.3 Å². The number of rotatable bonds is 4. The molecular formula is C15H10BrIN2O2. The normalized spacial score (nSPS) is 9.76. The number of benzene rings is 2. The lowest BCUT2D eigenvalue weighted by atomic mass is 10.2. The predicted octanol–water partition coefficient (Wildman–Crippen LogP) is 4.21. The second-order valence-corrected chi connectivity index (χ2v) is 6.12. The molecule has 0 heterocycles. The van der Waals surface area contributed by atoms with Crippen LogP contribution in [-0.2, 0) is 0 Å². The first-order valence-corrected chi connectivity index (χ1v) is 7.84. The van der Waals surface area contributed by atoms with Gasteiger partial charge in [-0.3, -0.25) is 4.79 Å². The molecule has 0 saturated heterocycles. The van der Waals surface area contributed by atoms with Crippen LogP contribution in [0.5, 0.6) is 5.75 Å². The second-order valence-electron chi connectivity index (χ2n) is 4.02. The Morgan fingerprint density at radius 3 is 2.86 bits per heavy atom. The molecule has 0 unspecified atom stereocenters. The van der Waals surface area contributed by atoms with Gasteiger partial charge in [0.15, 0.2) is 6.61 Å². The molecule has 6 heteroatoms. The minimum atomic E-state index is -0.242. The Morgan fingerprint density at radius 2 is 2.10 bits per heavy atom. The standard InChI is InChI=1S/C15H10BrIN2O2/c16-12-6-5-10(17)9-11(12)15(20)19-13-3-1-2-4-14(13)21-8-7-18/h1-6,9H,8H2,(H,19,20). The van der Waals surface area contributed by atoms with E-state index >= 15 is 0 Å². The molecule has 0 bridgehead atoms. The number of carbonyl (C=O) groups is 1. The molecule has 0 aliphatic heterocycles. The van der Waals surface area contributed by atoms with Crippen molar-refractivity contribution in [1.29, 1.82) is 5.26 Å². The minimum Gasteiger partial charge on any atom is -0.477 e. The van der Waals surface area contributed by atoms with E-state index in [4.69, 9.17) is 10.00 Å². The quantitative estimate of drug-likeness (QED) is 0.701. The van der Waals surface area contributed by atoms with Crippen molar-refractivity contribution in [3.8, 4) is 11.8 Å². The van der Waals surface area contributed by atoms with E-state index in [1.165, 1.54) is 0 Å². The maximum absolute atomic E-state index is 12.3. The molecule has 4 nitrogen and oxygen atoms in total. The fourth-order valence-electron chi connectivity index (χ4n) is 1.67. The fraction of sp³-hybridized carbons (Fsp3) is 0.0667. The van der Waals surface area contributed by atoms with Crippen LogP contribution in [0.25, 0.3) is 0 Å². The maximum Gasteiger partial charge on any atom is 0.256 e. The van der Waals surface area contributed by atoms with Gasteiger partial charge in [-0.15, -0.1) is 0 Å². The lowest BCUT2D eigenvalue weighted by molar-refractivity contribution is 0.102. The number of ether oxygens (including phenoxy) is 1. The number of hydrogen-bond acceptors (Lipinski definition) is 3. The zero-order valence-electron chi connectivity index (χ0n) is 10.8. The summed E-state index contributed by atoms with van der Waals surface area (Å²) < 4.78 is 6.97. The van der Waals surface area contributed by atoms with Gasteiger partial charge in [-0.05, 0) is 68.9 Å². The van der Waals surface area contributed by atoms with Gasteiger partial charge in [-0.25, -0.2) is 0 Å². The summed E-state index contributed by atoms with van der Waals surface area (Å²) in [4.78, 5) is 12.3. The molecule has 0 aliphatic rings. The highest BCUT2D eigenvalue weighted by atomic mass is 127. The SMILES string of the molecule is N#CCOc1ccccc1NC(=O)c1cc(I)ccc1Br. The number of carbonyl (C=O) groups excluding carboxylic acids is 1. The second kappa shape index (κ2) is 7.43. The summed E-state index contributed by atoms with van der Waals surface area (Å²) in [6.07, 6.45) is 0. The van der Waals surface area contributed by atoms with E-state index < -0.39 is 0 Å². The van der Waals surface area contributed by atoms with Gasteiger partial charge < -0.3 is 10.1 Å². The third kappa shape index (κ3) is 4.19. The van der Waals surface area contributed by atoms with Crippen LogP contribution >= 0.6 is 38.5 Å². The molecule has 0 radical (unpaired) electrons. The summed E-state index contributed by atoms with van der Waals surface area (Å²) in [5, 5.41) is 11.4. The maximum atomic E-state index is 12.3. The monoisotopic (exact) mass is 456 g/mol. The van der Waals surface area contributed by atoms with Crippen LogP contribution in [0.3, 0.4) is 0 Å². The molecule has 0 saturated carbocycles. The predicted molar refractivity (Wildman–Crippen MR) is 92.4 cm³/mol. The van der Waals surface area contributed by atoms with Crippen LogP contribution in [0.4, 0.5) is 5.69 Å². The number of nitrogens with one attached hydrogen (secondary N) is 1. The first-order chi connectivity index (χ1) is 10.1. The van der Waals surface area contributed by atoms with Crippen LogP contribution < -0.4 is 10.1 Å². The number of para-hydroxylation sites is 2. The minimum absolute atomic E-state index is 0.0696. The Morgan fingerprint density at radius 1 is 1.33 bits per heavy atom. The van der Waals surface area contributed by atoms with Gasteiger partial charge in [0.05, 0.1) is 11.3 Å². The summed E-state index contributed by atoms with van der Waals surface area (Å²) >= 11 is 5.52. The molecule has 2 rings (SSSR count). The van der Waals surface area contributed by atoms with Crippen LogP contribution in [0.1, 0.15) is 10.4 Å². The van der Waals surface area contributed by atoms with E-state index in [-0.39, 0.29) is 12.5 Å². The van der Waals surface area contributed by atoms with E-state index in [0.717, 1.165) is 8.04 Å². The molecule has 2 aromatic rings. The number of nitrogens with zero attached hydrogens (tertiary/aromatic N) is 1. The van der Waals surface area contributed by atoms with E-state index in [0.29, 0.717) is 17.0 Å². The average molecular weight is 457 g/mol. The number of amides is 1. The largest absolute Gasteiger partial charge is 0.477 e. The average Bonchev–Trinajstić information content (AvgIpc) is 2.48. The first kappa shape index (κ1) is 15.8. The van der Waals surface area contributed by atoms with E-state index in [1.807, 2.05) is 18.2 Å². The van der Waals surface area contributed by atoms with Gasteiger partial charge in [0.2, 0.25) is 0 Å². The van der Waals surface area contributed by atoms with Crippen molar-refractivity contribution in [3.05, 3.63) is 56.1 Å². The fourth-order valence-corrected chi connectivity index (χ4v) is 2.58. The Balaban J connectivity index is 2.24. The van der Waals surface area contributed by atoms with Crippen molar-refractivity contribution in [3.63, 3.8) is 0 Å². The summed E-state index contributed by atoms with van der Waals surface area (Å²) in [7, 11) is 0. The van der Waals surface area contributed by atoms with Gasteiger partial charge in [0.25, 0.3) is 5.91 Å². The third-order valence-corrected chi connectivity index (χ3v) is 3.96. The molecule has 0 aromatic heterocycles. The number of hydrogen-bond donors (Lipinski definition) is 1. The lowest BCUT2D eigenvalue weighted by Gasteiger charge is -2.11. The molecule has 1 N–H and O–H groups in total. The van der Waals surface area contributed by atoms with E-state index in [2.05, 4.69) is 43.8 Å². The zero-order chi connectivity index (χ0) is 15.2. The third-order valence-electron chi connectivity index (χ3n) is 2.60. The molecule has 2 aromatic carbocycles. The molecule has 0 spiro atoms. The zero-order valence-corrected chi connectivity index (χ0v) is 14.5. The highest BCUT2D eigenvalue weighted by Crippen LogP contribution is 2.26. The summed E-state index contributed by atoms with van der Waals surface area (Å²) in [6.45, 7) is -0.0696. The molecular weight excluding hydrogens is 447 g/mol. The van der Waals surface area contributed by atoms with Crippen molar-refractivity contribution in [2.75, 3.05) is 11.9 Å². The van der Waals surface area contributed by atoms with Crippen LogP contribution in [-0.4, -0.2) is 12.5 Å². The summed E-state index contributed by atoms with van der Waals surface area (Å²) in [5.41, 5.74) is 1.07. The smallest absolute Gasteiger partial charge is 0.256 e. The Kier molecular flexibility index (Phi) is 5.59. The van der Waals surface area contributed by atoms with Gasteiger partial charge in [0.1, 0.15) is 11.8 Å². The van der Waals surface area contributed by atoms with Gasteiger partial charge in [-0.1, -0.05) is 12.1 Å². The number of anilines is 1. The van der Waals surface area contributed by atoms with E-state index in [9.17, 15) is 4.79 Å². The van der Waals surface area contributed by atoms with Crippen molar-refractivity contribution in [1.82, 2.24) is 0 Å². The number of nitriles is 1. The number of halogens is 2. The van der Waals surface area contributed by atoms with Crippen molar-refractivity contribution in [2.45, 2.75) is 0 Å². The molecule has 0 fully saturated rings. The van der Waals surface area contributed by atoms with Crippen molar-refractivity contribution < 1.29 is 9.53 Å². The van der Waals surface area contributed by atoms with Gasteiger partial charge in [-0.2, -0.15) is 5.26 Å². The first-order valence-electron chi connectivity index (χ1n) is 5.97. The molecule has 106 valence electrons. The topological polar surface area (TPSA) is 62.1 Å². The van der Waals surface area contributed by atoms with Crippen LogP contribution in [0.15, 0.2) is 46.9 Å². The summed E-state index contributed by atoms with van der Waals surface area (Å²) in [5.74, 6) is 0.225. The van der Waals surface area contributed by atoms with Crippen LogP contribution in [0, 0.1) is 14.9 Å². The Bertz CT molecular complexity index is 713. The van der Waals surface area contributed by atoms with Crippen LogP contribution in [0.2, 0.25) is 0 Å². The molecule has 1 amide bonds. The van der Waals surface area contributed by atoms with Crippen molar-refractivity contribution in [2.24, 2.45) is 0 Å². The summed E-state index contributed by atoms with van der Waals surface area (Å²) in [6, 6.07) is 14.4. The van der Waals surface area contributed by atoms with Gasteiger partial charge >= 0.3 is 0 Å². The Labute approximate surface area is 144 Å². The molecule has 0 atom stereocenters. The molecule has 21 heavy (non-hydrogen) atoms. The molecule has 0 aliphatic carbocycles. The lowest BCUT2D eigenvalue weighted by Crippen LogP contribution is -2.14.